The minimum atomic E-state index is -2.08. The molecule has 0 N–H and O–H groups in total. The third kappa shape index (κ3) is 2.33. The van der Waals surface area contributed by atoms with Gasteiger partial charge in [0, 0.05) is 4.57 Å². The average Bonchev–Trinajstić information content (AvgIpc) is 2.43. The van der Waals surface area contributed by atoms with Crippen LogP contribution in [0.3, 0.4) is 0 Å². The minimum absolute atomic E-state index is 0.311. The summed E-state index contributed by atoms with van der Waals surface area (Å²) in [6.45, 7) is 2.18. The molecule has 0 heterocycles. The van der Waals surface area contributed by atoms with Crippen LogP contribution in [0.25, 0.3) is 16.8 Å². The first-order chi connectivity index (χ1) is 9.29. The van der Waals surface area contributed by atoms with Gasteiger partial charge in [-0.05, 0) is 34.9 Å². The molecule has 0 aromatic heterocycles. The van der Waals surface area contributed by atoms with Crippen molar-refractivity contribution in [2.24, 2.45) is 0 Å². The van der Waals surface area contributed by atoms with Crippen LogP contribution < -0.4 is 0 Å². The molecule has 96 valence electrons. The molecule has 0 fully saturated rings. The van der Waals surface area contributed by atoms with Gasteiger partial charge in [-0.2, -0.15) is 0 Å². The van der Waals surface area contributed by atoms with Gasteiger partial charge in [0.15, 0.2) is 6.10 Å². The molecule has 2 aromatic rings. The Kier molecular flexibility index (Phi) is 3.43. The molecule has 0 amide bonds. The standard InChI is InChI=1S/C15H14O3P/c1-2-17-19(16)18-14-10-9-12-6-3-5-11-7-4-8-13(14)15(11)12/h3-10,14H,2H2,1H3/q+1. The Hall–Kier alpha value is -1.54. The molecule has 1 aliphatic carbocycles. The molecule has 1 aliphatic rings. The molecule has 3 nitrogen and oxygen atoms in total. The fourth-order valence-electron chi connectivity index (χ4n) is 2.39. The van der Waals surface area contributed by atoms with Crippen molar-refractivity contribution in [1.82, 2.24) is 0 Å². The Morgan fingerprint density at radius 2 is 2.00 bits per heavy atom. The molecule has 0 saturated carbocycles. The predicted octanol–water partition coefficient (Wildman–Crippen LogP) is 4.62. The van der Waals surface area contributed by atoms with Crippen LogP contribution in [0.2, 0.25) is 0 Å². The van der Waals surface area contributed by atoms with E-state index in [1.807, 2.05) is 30.4 Å². The zero-order valence-electron chi connectivity index (χ0n) is 10.6. The third-order valence-electron chi connectivity index (χ3n) is 3.16. The predicted molar refractivity (Wildman–Crippen MR) is 76.0 cm³/mol. The van der Waals surface area contributed by atoms with Crippen molar-refractivity contribution in [2.75, 3.05) is 6.61 Å². The average molecular weight is 273 g/mol. The molecule has 3 rings (SSSR count). The van der Waals surface area contributed by atoms with Crippen molar-refractivity contribution in [2.45, 2.75) is 13.0 Å². The third-order valence-corrected chi connectivity index (χ3v) is 4.03. The molecule has 0 spiro atoms. The summed E-state index contributed by atoms with van der Waals surface area (Å²) in [5.41, 5.74) is 2.21. The van der Waals surface area contributed by atoms with Crippen molar-refractivity contribution in [1.29, 1.82) is 0 Å². The largest absolute Gasteiger partial charge is 0.698 e. The maximum absolute atomic E-state index is 11.6. The van der Waals surface area contributed by atoms with Gasteiger partial charge in [0.1, 0.15) is 6.61 Å². The van der Waals surface area contributed by atoms with Crippen LogP contribution in [0.5, 0.6) is 0 Å². The van der Waals surface area contributed by atoms with Crippen molar-refractivity contribution in [3.63, 3.8) is 0 Å². The van der Waals surface area contributed by atoms with Gasteiger partial charge in [0.05, 0.1) is 0 Å². The Labute approximate surface area is 112 Å². The Bertz CT molecular complexity index is 658. The van der Waals surface area contributed by atoms with E-state index in [1.54, 1.807) is 6.92 Å². The van der Waals surface area contributed by atoms with Gasteiger partial charge in [0.2, 0.25) is 0 Å². The van der Waals surface area contributed by atoms with Crippen LogP contribution in [0, 0.1) is 0 Å². The topological polar surface area (TPSA) is 35.5 Å². The maximum Gasteiger partial charge on any atom is 0.698 e. The summed E-state index contributed by atoms with van der Waals surface area (Å²) in [4.78, 5) is 0. The lowest BCUT2D eigenvalue weighted by atomic mass is 9.92. The summed E-state index contributed by atoms with van der Waals surface area (Å²) in [5.74, 6) is 0. The van der Waals surface area contributed by atoms with E-state index in [0.29, 0.717) is 6.61 Å². The molecule has 2 atom stereocenters. The summed E-state index contributed by atoms with van der Waals surface area (Å²) in [6, 6.07) is 12.2. The molecule has 2 unspecified atom stereocenters. The lowest BCUT2D eigenvalue weighted by molar-refractivity contribution is 0.200. The molecule has 0 saturated heterocycles. The van der Waals surface area contributed by atoms with E-state index in [9.17, 15) is 4.57 Å². The highest BCUT2D eigenvalue weighted by Gasteiger charge is 2.29. The van der Waals surface area contributed by atoms with Gasteiger partial charge < -0.3 is 0 Å². The summed E-state index contributed by atoms with van der Waals surface area (Å²) >= 11 is 0. The molecular formula is C15H14O3P+. The summed E-state index contributed by atoms with van der Waals surface area (Å²) in [7, 11) is -2.08. The van der Waals surface area contributed by atoms with E-state index in [1.165, 1.54) is 10.9 Å². The Morgan fingerprint density at radius 1 is 1.21 bits per heavy atom. The van der Waals surface area contributed by atoms with Crippen molar-refractivity contribution >= 4 is 25.1 Å². The first-order valence-corrected chi connectivity index (χ1v) is 7.36. The molecule has 0 bridgehead atoms. The fourth-order valence-corrected chi connectivity index (χ4v) is 3.03. The van der Waals surface area contributed by atoms with Gasteiger partial charge >= 0.3 is 8.25 Å². The summed E-state index contributed by atoms with van der Waals surface area (Å²) in [6.07, 6.45) is 3.62. The lowest BCUT2D eigenvalue weighted by Crippen LogP contribution is -2.02. The molecule has 19 heavy (non-hydrogen) atoms. The van der Waals surface area contributed by atoms with Crippen molar-refractivity contribution < 1.29 is 13.6 Å². The van der Waals surface area contributed by atoms with Crippen LogP contribution in [-0.4, -0.2) is 6.61 Å². The minimum Gasteiger partial charge on any atom is -0.119 e. The first-order valence-electron chi connectivity index (χ1n) is 6.26. The number of hydrogen-bond donors (Lipinski definition) is 0. The van der Waals surface area contributed by atoms with E-state index in [-0.39, 0.29) is 6.10 Å². The zero-order valence-corrected chi connectivity index (χ0v) is 11.5. The molecule has 0 aliphatic heterocycles. The number of rotatable bonds is 4. The normalized spacial score (nSPS) is 17.7. The summed E-state index contributed by atoms with van der Waals surface area (Å²) in [5, 5.41) is 2.33. The second-order valence-electron chi connectivity index (χ2n) is 4.32. The monoisotopic (exact) mass is 273 g/mol. The van der Waals surface area contributed by atoms with E-state index < -0.39 is 8.25 Å². The van der Waals surface area contributed by atoms with E-state index >= 15 is 0 Å². The van der Waals surface area contributed by atoms with E-state index in [2.05, 4.69) is 18.2 Å². The molecular weight excluding hydrogens is 259 g/mol. The van der Waals surface area contributed by atoms with Crippen LogP contribution in [0.4, 0.5) is 0 Å². The smallest absolute Gasteiger partial charge is 0.119 e. The maximum atomic E-state index is 11.6. The van der Waals surface area contributed by atoms with Crippen LogP contribution >= 0.6 is 8.25 Å². The van der Waals surface area contributed by atoms with Crippen LogP contribution in [-0.2, 0) is 13.6 Å². The highest BCUT2D eigenvalue weighted by Crippen LogP contribution is 2.40. The number of benzene rings is 2. The highest BCUT2D eigenvalue weighted by atomic mass is 31.1. The molecule has 0 radical (unpaired) electrons. The van der Waals surface area contributed by atoms with Gasteiger partial charge in [-0.25, -0.2) is 0 Å². The van der Waals surface area contributed by atoms with Crippen molar-refractivity contribution in [3.8, 4) is 0 Å². The van der Waals surface area contributed by atoms with Crippen LogP contribution in [0.1, 0.15) is 24.2 Å². The van der Waals surface area contributed by atoms with E-state index in [0.717, 1.165) is 10.9 Å². The van der Waals surface area contributed by atoms with Gasteiger partial charge in [-0.15, -0.1) is 9.05 Å². The second-order valence-corrected chi connectivity index (χ2v) is 5.24. The second kappa shape index (κ2) is 5.22. The first kappa shape index (κ1) is 12.5. The van der Waals surface area contributed by atoms with Crippen LogP contribution in [0.15, 0.2) is 42.5 Å². The van der Waals surface area contributed by atoms with Gasteiger partial charge in [0.25, 0.3) is 0 Å². The zero-order chi connectivity index (χ0) is 13.2. The highest BCUT2D eigenvalue weighted by molar-refractivity contribution is 7.33. The Balaban J connectivity index is 2.02. The number of hydrogen-bond acceptors (Lipinski definition) is 3. The summed E-state index contributed by atoms with van der Waals surface area (Å²) < 4.78 is 22.1. The van der Waals surface area contributed by atoms with Crippen molar-refractivity contribution in [3.05, 3.63) is 53.6 Å². The SMILES string of the molecule is CCO[P+](=O)OC1C=Cc2cccc3cccc1c23. The molecule has 4 heteroatoms. The van der Waals surface area contributed by atoms with E-state index in [4.69, 9.17) is 9.05 Å². The molecule has 2 aromatic carbocycles. The fraction of sp³-hybridized carbons (Fsp3) is 0.200. The Morgan fingerprint density at radius 3 is 2.79 bits per heavy atom. The lowest BCUT2D eigenvalue weighted by Gasteiger charge is -2.16. The quantitative estimate of drug-likeness (QED) is 0.762. The van der Waals surface area contributed by atoms with Gasteiger partial charge in [-0.1, -0.05) is 42.5 Å². The van der Waals surface area contributed by atoms with Gasteiger partial charge in [-0.3, -0.25) is 0 Å².